The molecule has 1 aromatic rings. The Hall–Kier alpha value is -1.13. The minimum Gasteiger partial charge on any atom is -0.495 e. The summed E-state index contributed by atoms with van der Waals surface area (Å²) in [4.78, 5) is 2.34. The number of halogens is 1. The van der Waals surface area contributed by atoms with E-state index in [1.165, 1.54) is 19.3 Å². The van der Waals surface area contributed by atoms with Crippen molar-refractivity contribution in [2.45, 2.75) is 31.3 Å². The van der Waals surface area contributed by atoms with Crippen molar-refractivity contribution < 1.29 is 9.47 Å². The van der Waals surface area contributed by atoms with Crippen LogP contribution in [0.3, 0.4) is 0 Å². The van der Waals surface area contributed by atoms with Gasteiger partial charge in [0.25, 0.3) is 0 Å². The van der Waals surface area contributed by atoms with E-state index in [1.54, 1.807) is 14.2 Å². The van der Waals surface area contributed by atoms with Crippen molar-refractivity contribution in [1.82, 2.24) is 5.32 Å². The molecule has 4 nitrogen and oxygen atoms in total. The number of rotatable bonds is 5. The van der Waals surface area contributed by atoms with Crippen LogP contribution in [0.15, 0.2) is 12.1 Å². The molecule has 0 spiro atoms. The fraction of sp³-hybridized carbons (Fsp3) is 0.600. The van der Waals surface area contributed by atoms with Gasteiger partial charge in [0.1, 0.15) is 11.5 Å². The minimum atomic E-state index is 0.578. The van der Waals surface area contributed by atoms with Gasteiger partial charge in [-0.3, -0.25) is 0 Å². The third-order valence-corrected chi connectivity index (χ3v) is 4.33. The fourth-order valence-electron chi connectivity index (χ4n) is 2.79. The average molecular weight is 297 g/mol. The van der Waals surface area contributed by atoms with Gasteiger partial charge in [-0.2, -0.15) is 0 Å². The van der Waals surface area contributed by atoms with Gasteiger partial charge in [0.15, 0.2) is 0 Å². The summed E-state index contributed by atoms with van der Waals surface area (Å²) in [6, 6.07) is 5.13. The summed E-state index contributed by atoms with van der Waals surface area (Å²) in [6.07, 6.45) is 3.83. The van der Waals surface area contributed by atoms with E-state index in [0.717, 1.165) is 30.6 Å². The van der Waals surface area contributed by atoms with Crippen LogP contribution in [0, 0.1) is 0 Å². The van der Waals surface area contributed by atoms with Gasteiger partial charge in [-0.25, -0.2) is 0 Å². The summed E-state index contributed by atoms with van der Waals surface area (Å²) in [5.74, 6) is 1.50. The highest BCUT2D eigenvalue weighted by Crippen LogP contribution is 2.39. The molecule has 1 saturated carbocycles. The van der Waals surface area contributed by atoms with E-state index in [1.807, 2.05) is 12.1 Å². The Bertz CT molecular complexity index is 491. The largest absolute Gasteiger partial charge is 0.495 e. The number of hydrogen-bond donors (Lipinski definition) is 1. The molecule has 1 aliphatic heterocycles. The molecule has 1 N–H and O–H groups in total. The van der Waals surface area contributed by atoms with Gasteiger partial charge < -0.3 is 19.7 Å². The number of methoxy groups -OCH3 is 2. The molecule has 1 atom stereocenters. The van der Waals surface area contributed by atoms with E-state index in [-0.39, 0.29) is 0 Å². The van der Waals surface area contributed by atoms with E-state index in [2.05, 4.69) is 10.2 Å². The third kappa shape index (κ3) is 2.81. The molecule has 0 aromatic heterocycles. The van der Waals surface area contributed by atoms with Crippen molar-refractivity contribution in [3.63, 3.8) is 0 Å². The van der Waals surface area contributed by atoms with Crippen LogP contribution in [0.2, 0.25) is 5.02 Å². The summed E-state index contributed by atoms with van der Waals surface area (Å²) in [6.45, 7) is 2.04. The van der Waals surface area contributed by atoms with Crippen molar-refractivity contribution in [1.29, 1.82) is 0 Å². The van der Waals surface area contributed by atoms with Crippen molar-refractivity contribution in [2.75, 3.05) is 32.2 Å². The second kappa shape index (κ2) is 5.70. The maximum absolute atomic E-state index is 6.16. The van der Waals surface area contributed by atoms with Crippen LogP contribution in [0.1, 0.15) is 19.3 Å². The van der Waals surface area contributed by atoms with Crippen LogP contribution >= 0.6 is 11.6 Å². The standard InChI is InChI=1S/C15H21ClN2O2/c1-19-14-8-13(15(20-2)7-12(14)16)18-6-5-11(9-18)17-10-3-4-10/h7-8,10-11,17H,3-6,9H2,1-2H3. The van der Waals surface area contributed by atoms with E-state index in [9.17, 15) is 0 Å². The van der Waals surface area contributed by atoms with Crippen LogP contribution in [-0.2, 0) is 0 Å². The molecule has 2 fully saturated rings. The highest BCUT2D eigenvalue weighted by molar-refractivity contribution is 6.32. The summed E-state index contributed by atoms with van der Waals surface area (Å²) >= 11 is 6.16. The number of benzene rings is 1. The molecule has 1 saturated heterocycles. The van der Waals surface area contributed by atoms with E-state index in [4.69, 9.17) is 21.1 Å². The smallest absolute Gasteiger partial charge is 0.143 e. The van der Waals surface area contributed by atoms with Crippen LogP contribution in [0.5, 0.6) is 11.5 Å². The maximum atomic E-state index is 6.16. The van der Waals surface area contributed by atoms with Crippen molar-refractivity contribution >= 4 is 17.3 Å². The van der Waals surface area contributed by atoms with Crippen molar-refractivity contribution in [3.8, 4) is 11.5 Å². The van der Waals surface area contributed by atoms with Gasteiger partial charge in [0, 0.05) is 37.3 Å². The molecule has 1 aromatic carbocycles. The zero-order chi connectivity index (χ0) is 14.1. The predicted octanol–water partition coefficient (Wildman–Crippen LogP) is 2.69. The number of nitrogens with zero attached hydrogens (tertiary/aromatic N) is 1. The van der Waals surface area contributed by atoms with Crippen molar-refractivity contribution in [3.05, 3.63) is 17.2 Å². The summed E-state index contributed by atoms with van der Waals surface area (Å²) in [7, 11) is 3.32. The average Bonchev–Trinajstić information content (AvgIpc) is 3.14. The molecule has 5 heteroatoms. The molecule has 0 bridgehead atoms. The first-order valence-electron chi connectivity index (χ1n) is 7.13. The van der Waals surface area contributed by atoms with Gasteiger partial charge in [-0.05, 0) is 19.3 Å². The van der Waals surface area contributed by atoms with E-state index in [0.29, 0.717) is 16.8 Å². The van der Waals surface area contributed by atoms with Crippen LogP contribution in [-0.4, -0.2) is 39.4 Å². The van der Waals surface area contributed by atoms with Crippen LogP contribution < -0.4 is 19.7 Å². The summed E-state index contributed by atoms with van der Waals surface area (Å²) < 4.78 is 10.8. The molecule has 110 valence electrons. The normalized spacial score (nSPS) is 22.1. The molecule has 1 heterocycles. The predicted molar refractivity (Wildman–Crippen MR) is 81.3 cm³/mol. The van der Waals surface area contributed by atoms with Gasteiger partial charge in [0.05, 0.1) is 24.9 Å². The molecular weight excluding hydrogens is 276 g/mol. The number of ether oxygens (including phenoxy) is 2. The fourth-order valence-corrected chi connectivity index (χ4v) is 3.02. The van der Waals surface area contributed by atoms with Gasteiger partial charge in [0.2, 0.25) is 0 Å². The topological polar surface area (TPSA) is 33.7 Å². The second-order valence-electron chi connectivity index (χ2n) is 5.53. The lowest BCUT2D eigenvalue weighted by Crippen LogP contribution is -2.34. The molecular formula is C15H21ClN2O2. The second-order valence-corrected chi connectivity index (χ2v) is 5.94. The van der Waals surface area contributed by atoms with Gasteiger partial charge in [-0.1, -0.05) is 11.6 Å². The molecule has 1 unspecified atom stereocenters. The molecule has 0 amide bonds. The molecule has 0 radical (unpaired) electrons. The Kier molecular flexibility index (Phi) is 3.94. The highest BCUT2D eigenvalue weighted by atomic mass is 35.5. The molecule has 20 heavy (non-hydrogen) atoms. The Morgan fingerprint density at radius 1 is 1.10 bits per heavy atom. The Morgan fingerprint density at radius 3 is 2.50 bits per heavy atom. The van der Waals surface area contributed by atoms with E-state index < -0.39 is 0 Å². The minimum absolute atomic E-state index is 0.578. The lowest BCUT2D eigenvalue weighted by Gasteiger charge is -2.22. The van der Waals surface area contributed by atoms with E-state index >= 15 is 0 Å². The summed E-state index contributed by atoms with van der Waals surface area (Å²) in [5.41, 5.74) is 1.06. The van der Waals surface area contributed by atoms with Crippen molar-refractivity contribution in [2.24, 2.45) is 0 Å². The Morgan fingerprint density at radius 2 is 1.85 bits per heavy atom. The molecule has 3 rings (SSSR count). The zero-order valence-electron chi connectivity index (χ0n) is 12.0. The van der Waals surface area contributed by atoms with Crippen LogP contribution in [0.25, 0.3) is 0 Å². The first kappa shape index (κ1) is 13.8. The van der Waals surface area contributed by atoms with Gasteiger partial charge >= 0.3 is 0 Å². The van der Waals surface area contributed by atoms with Gasteiger partial charge in [-0.15, -0.1) is 0 Å². The first-order valence-corrected chi connectivity index (χ1v) is 7.51. The quantitative estimate of drug-likeness (QED) is 0.906. The Balaban J connectivity index is 1.78. The Labute approximate surface area is 125 Å². The number of nitrogens with one attached hydrogen (secondary N) is 1. The molecule has 1 aliphatic carbocycles. The highest BCUT2D eigenvalue weighted by Gasteiger charge is 2.30. The monoisotopic (exact) mass is 296 g/mol. The SMILES string of the molecule is COc1cc(N2CCC(NC3CC3)C2)c(OC)cc1Cl. The lowest BCUT2D eigenvalue weighted by molar-refractivity contribution is 0.403. The zero-order valence-corrected chi connectivity index (χ0v) is 12.7. The number of hydrogen-bond acceptors (Lipinski definition) is 4. The first-order chi connectivity index (χ1) is 9.71. The number of anilines is 1. The third-order valence-electron chi connectivity index (χ3n) is 4.03. The van der Waals surface area contributed by atoms with Crippen LogP contribution in [0.4, 0.5) is 5.69 Å². The summed E-state index contributed by atoms with van der Waals surface area (Å²) in [5, 5.41) is 4.27. The lowest BCUT2D eigenvalue weighted by atomic mass is 10.2. The maximum Gasteiger partial charge on any atom is 0.143 e. The molecule has 2 aliphatic rings.